The Morgan fingerprint density at radius 3 is 2.29 bits per heavy atom. The van der Waals surface area contributed by atoms with Crippen LogP contribution in [-0.2, 0) is 23.9 Å². The van der Waals surface area contributed by atoms with Gasteiger partial charge in [-0.3, -0.25) is 14.5 Å². The van der Waals surface area contributed by atoms with E-state index in [2.05, 4.69) is 10.1 Å². The van der Waals surface area contributed by atoms with E-state index in [-0.39, 0.29) is 30.8 Å². The largest absolute Gasteiger partial charge is 0.469 e. The summed E-state index contributed by atoms with van der Waals surface area (Å²) in [7, 11) is 4.34. The quantitative estimate of drug-likeness (QED) is 0.612. The second kappa shape index (κ2) is 10.1. The van der Waals surface area contributed by atoms with Gasteiger partial charge in [0.1, 0.15) is 6.04 Å². The van der Waals surface area contributed by atoms with Gasteiger partial charge in [-0.25, -0.2) is 4.79 Å². The van der Waals surface area contributed by atoms with E-state index in [0.717, 1.165) is 6.42 Å². The average molecular weight is 302 g/mol. The number of carbonyl (C=O) groups is 3. The van der Waals surface area contributed by atoms with E-state index in [4.69, 9.17) is 4.74 Å². The zero-order chi connectivity index (χ0) is 16.4. The van der Waals surface area contributed by atoms with Gasteiger partial charge in [-0.05, 0) is 13.0 Å². The first-order valence-corrected chi connectivity index (χ1v) is 6.98. The monoisotopic (exact) mass is 302 g/mol. The minimum atomic E-state index is -0.651. The van der Waals surface area contributed by atoms with Crippen LogP contribution in [0.15, 0.2) is 0 Å². The number of hydrogen-bond donors (Lipinski definition) is 1. The number of ether oxygens (including phenoxy) is 2. The first-order chi connectivity index (χ1) is 9.85. The standard InChI is InChI=1S/C14H26N2O5/c1-6-10(2)13(14(19)21-5)15-11(17)9-16(3)8-7-12(18)20-4/h10,13H,6-9H2,1-5H3,(H,15,17). The van der Waals surface area contributed by atoms with Gasteiger partial charge in [-0.1, -0.05) is 20.3 Å². The van der Waals surface area contributed by atoms with Crippen molar-refractivity contribution in [2.24, 2.45) is 5.92 Å². The molecule has 0 aromatic carbocycles. The van der Waals surface area contributed by atoms with Crippen molar-refractivity contribution in [2.45, 2.75) is 32.7 Å². The van der Waals surface area contributed by atoms with Crippen LogP contribution in [0.3, 0.4) is 0 Å². The molecule has 0 saturated carbocycles. The second-order valence-corrected chi connectivity index (χ2v) is 5.02. The lowest BCUT2D eigenvalue weighted by Crippen LogP contribution is -2.48. The summed E-state index contributed by atoms with van der Waals surface area (Å²) in [6.45, 7) is 4.32. The fourth-order valence-corrected chi connectivity index (χ4v) is 1.72. The molecule has 0 saturated heterocycles. The molecule has 122 valence electrons. The molecule has 7 nitrogen and oxygen atoms in total. The molecule has 0 spiro atoms. The van der Waals surface area contributed by atoms with Crippen molar-refractivity contribution < 1.29 is 23.9 Å². The summed E-state index contributed by atoms with van der Waals surface area (Å²) < 4.78 is 9.24. The van der Waals surface area contributed by atoms with E-state index in [0.29, 0.717) is 6.54 Å². The Hall–Kier alpha value is -1.63. The lowest BCUT2D eigenvalue weighted by atomic mass is 9.99. The lowest BCUT2D eigenvalue weighted by Gasteiger charge is -2.23. The SMILES string of the molecule is CCC(C)C(NC(=O)CN(C)CCC(=O)OC)C(=O)OC. The molecule has 0 rings (SSSR count). The van der Waals surface area contributed by atoms with Crippen LogP contribution in [0.1, 0.15) is 26.7 Å². The number of carbonyl (C=O) groups excluding carboxylic acids is 3. The molecular formula is C14H26N2O5. The van der Waals surface area contributed by atoms with Crippen molar-refractivity contribution in [3.8, 4) is 0 Å². The van der Waals surface area contributed by atoms with Crippen molar-refractivity contribution >= 4 is 17.8 Å². The molecule has 0 heterocycles. The second-order valence-electron chi connectivity index (χ2n) is 5.02. The molecule has 0 aliphatic heterocycles. The van der Waals surface area contributed by atoms with Crippen LogP contribution in [0, 0.1) is 5.92 Å². The molecule has 0 bridgehead atoms. The fourth-order valence-electron chi connectivity index (χ4n) is 1.72. The summed E-state index contributed by atoms with van der Waals surface area (Å²) in [4.78, 5) is 36.3. The van der Waals surface area contributed by atoms with Crippen LogP contribution < -0.4 is 5.32 Å². The maximum absolute atomic E-state index is 11.9. The fraction of sp³-hybridized carbons (Fsp3) is 0.786. The summed E-state index contributed by atoms with van der Waals surface area (Å²) in [6.07, 6.45) is 0.963. The number of nitrogens with zero attached hydrogens (tertiary/aromatic N) is 1. The predicted molar refractivity (Wildman–Crippen MR) is 77.5 cm³/mol. The van der Waals surface area contributed by atoms with Gasteiger partial charge in [0, 0.05) is 6.54 Å². The summed E-state index contributed by atoms with van der Waals surface area (Å²) >= 11 is 0. The van der Waals surface area contributed by atoms with E-state index >= 15 is 0 Å². The van der Waals surface area contributed by atoms with Gasteiger partial charge in [0.2, 0.25) is 5.91 Å². The topological polar surface area (TPSA) is 84.9 Å². The molecular weight excluding hydrogens is 276 g/mol. The molecule has 7 heteroatoms. The maximum atomic E-state index is 11.9. The Morgan fingerprint density at radius 1 is 1.19 bits per heavy atom. The van der Waals surface area contributed by atoms with E-state index in [9.17, 15) is 14.4 Å². The van der Waals surface area contributed by atoms with Crippen LogP contribution in [0.5, 0.6) is 0 Å². The highest BCUT2D eigenvalue weighted by molar-refractivity contribution is 5.85. The Kier molecular flexibility index (Phi) is 9.36. The molecule has 0 aliphatic carbocycles. The predicted octanol–water partition coefficient (Wildman–Crippen LogP) is 0.185. The van der Waals surface area contributed by atoms with E-state index in [1.165, 1.54) is 14.2 Å². The highest BCUT2D eigenvalue weighted by Crippen LogP contribution is 2.09. The number of nitrogens with one attached hydrogen (secondary N) is 1. The number of hydrogen-bond acceptors (Lipinski definition) is 6. The lowest BCUT2D eigenvalue weighted by molar-refractivity contribution is -0.146. The number of methoxy groups -OCH3 is 2. The van der Waals surface area contributed by atoms with Crippen LogP contribution in [0.25, 0.3) is 0 Å². The van der Waals surface area contributed by atoms with Crippen molar-refractivity contribution in [1.29, 1.82) is 0 Å². The van der Waals surface area contributed by atoms with Crippen molar-refractivity contribution in [1.82, 2.24) is 10.2 Å². The third kappa shape index (κ3) is 7.65. The molecule has 1 amide bonds. The van der Waals surface area contributed by atoms with E-state index in [1.807, 2.05) is 13.8 Å². The summed E-state index contributed by atoms with van der Waals surface area (Å²) in [5.41, 5.74) is 0. The Bertz CT molecular complexity index is 359. The van der Waals surface area contributed by atoms with Gasteiger partial charge in [-0.15, -0.1) is 0 Å². The van der Waals surface area contributed by atoms with Gasteiger partial charge >= 0.3 is 11.9 Å². The van der Waals surface area contributed by atoms with Gasteiger partial charge in [-0.2, -0.15) is 0 Å². The number of likely N-dealkylation sites (N-methyl/N-ethyl adjacent to an activating group) is 1. The number of esters is 2. The molecule has 0 radical (unpaired) electrons. The van der Waals surface area contributed by atoms with E-state index in [1.54, 1.807) is 11.9 Å². The average Bonchev–Trinajstić information content (AvgIpc) is 2.48. The molecule has 2 atom stereocenters. The Morgan fingerprint density at radius 2 is 1.81 bits per heavy atom. The third-order valence-electron chi connectivity index (χ3n) is 3.32. The zero-order valence-electron chi connectivity index (χ0n) is 13.5. The first-order valence-electron chi connectivity index (χ1n) is 6.98. The van der Waals surface area contributed by atoms with Gasteiger partial charge in [0.25, 0.3) is 0 Å². The summed E-state index contributed by atoms with van der Waals surface area (Å²) in [6, 6.07) is -0.651. The molecule has 2 unspecified atom stereocenters. The minimum absolute atomic E-state index is 0.0122. The highest BCUT2D eigenvalue weighted by atomic mass is 16.5. The van der Waals surface area contributed by atoms with Crippen LogP contribution in [0.4, 0.5) is 0 Å². The molecule has 21 heavy (non-hydrogen) atoms. The van der Waals surface area contributed by atoms with Crippen LogP contribution in [-0.4, -0.2) is 63.1 Å². The van der Waals surface area contributed by atoms with Crippen molar-refractivity contribution in [2.75, 3.05) is 34.4 Å². The number of amides is 1. The molecule has 0 aliphatic rings. The molecule has 0 fully saturated rings. The minimum Gasteiger partial charge on any atom is -0.469 e. The third-order valence-corrected chi connectivity index (χ3v) is 3.32. The van der Waals surface area contributed by atoms with Crippen LogP contribution >= 0.6 is 0 Å². The van der Waals surface area contributed by atoms with Gasteiger partial charge in [0.05, 0.1) is 27.2 Å². The normalized spacial score (nSPS) is 13.4. The van der Waals surface area contributed by atoms with Crippen molar-refractivity contribution in [3.05, 3.63) is 0 Å². The Balaban J connectivity index is 4.36. The smallest absolute Gasteiger partial charge is 0.328 e. The molecule has 0 aromatic rings. The zero-order valence-corrected chi connectivity index (χ0v) is 13.5. The molecule has 0 aromatic heterocycles. The van der Waals surface area contributed by atoms with Gasteiger partial charge in [0.15, 0.2) is 0 Å². The summed E-state index contributed by atoms with van der Waals surface area (Å²) in [5.74, 6) is -1.07. The number of rotatable bonds is 9. The van der Waals surface area contributed by atoms with Gasteiger partial charge < -0.3 is 14.8 Å². The van der Waals surface area contributed by atoms with Crippen LogP contribution in [0.2, 0.25) is 0 Å². The van der Waals surface area contributed by atoms with E-state index < -0.39 is 12.0 Å². The first kappa shape index (κ1) is 19.4. The maximum Gasteiger partial charge on any atom is 0.328 e. The molecule has 1 N–H and O–H groups in total. The van der Waals surface area contributed by atoms with Crippen molar-refractivity contribution in [3.63, 3.8) is 0 Å². The highest BCUT2D eigenvalue weighted by Gasteiger charge is 2.26. The summed E-state index contributed by atoms with van der Waals surface area (Å²) in [5, 5.41) is 2.68. The Labute approximate surface area is 126 Å².